The molecule has 5 aromatic rings. The lowest BCUT2D eigenvalue weighted by molar-refractivity contribution is -0.121. The second-order valence-electron chi connectivity index (χ2n) is 10.1. The van der Waals surface area contributed by atoms with Crippen molar-refractivity contribution in [3.05, 3.63) is 60.2 Å². The van der Waals surface area contributed by atoms with Gasteiger partial charge in [0.15, 0.2) is 16.6 Å². The Morgan fingerprint density at radius 3 is 2.61 bits per heavy atom. The number of thioether (sulfide) groups is 1. The fourth-order valence-corrected chi connectivity index (χ4v) is 6.41. The van der Waals surface area contributed by atoms with Crippen molar-refractivity contribution in [2.45, 2.75) is 81.8 Å². The van der Waals surface area contributed by atoms with Crippen molar-refractivity contribution in [3.63, 3.8) is 0 Å². The second kappa shape index (κ2) is 10.7. The summed E-state index contributed by atoms with van der Waals surface area (Å²) in [6.45, 7) is 4.83. The quantitative estimate of drug-likeness (QED) is 0.212. The molecular formula is C29H33N7OS. The van der Waals surface area contributed by atoms with Gasteiger partial charge in [-0.15, -0.1) is 5.10 Å². The zero-order valence-corrected chi connectivity index (χ0v) is 22.7. The van der Waals surface area contributed by atoms with Gasteiger partial charge in [-0.1, -0.05) is 62.2 Å². The number of nitrogens with one attached hydrogen (secondary N) is 1. The maximum atomic E-state index is 13.2. The number of aromatic nitrogens is 6. The number of benzene rings is 2. The number of imidazole rings is 1. The van der Waals surface area contributed by atoms with Gasteiger partial charge in [0.05, 0.1) is 21.8 Å². The van der Waals surface area contributed by atoms with E-state index in [9.17, 15) is 4.79 Å². The molecule has 0 aliphatic heterocycles. The Labute approximate surface area is 226 Å². The number of rotatable bonds is 8. The first-order chi connectivity index (χ1) is 18.6. The van der Waals surface area contributed by atoms with E-state index in [1.54, 1.807) is 0 Å². The lowest BCUT2D eigenvalue weighted by Crippen LogP contribution is -2.41. The van der Waals surface area contributed by atoms with Crippen molar-refractivity contribution in [1.82, 2.24) is 34.4 Å². The average molecular weight is 528 g/mol. The van der Waals surface area contributed by atoms with Crippen LogP contribution in [0.15, 0.2) is 53.7 Å². The molecule has 1 aliphatic rings. The Kier molecular flexibility index (Phi) is 7.02. The summed E-state index contributed by atoms with van der Waals surface area (Å²) in [6, 6.07) is 16.5. The van der Waals surface area contributed by atoms with E-state index >= 15 is 0 Å². The van der Waals surface area contributed by atoms with Gasteiger partial charge in [-0.3, -0.25) is 4.79 Å². The molecular weight excluding hydrogens is 494 g/mol. The molecule has 1 N–H and O–H groups in total. The minimum absolute atomic E-state index is 0.0929. The van der Waals surface area contributed by atoms with Crippen LogP contribution in [0.2, 0.25) is 0 Å². The van der Waals surface area contributed by atoms with Gasteiger partial charge in [-0.05, 0) is 50.5 Å². The molecule has 0 radical (unpaired) electrons. The lowest BCUT2D eigenvalue weighted by Gasteiger charge is -2.25. The molecule has 2 aromatic carbocycles. The molecule has 1 aliphatic carbocycles. The number of hydrogen-bond donors (Lipinski definition) is 1. The van der Waals surface area contributed by atoms with Crippen molar-refractivity contribution in [1.29, 1.82) is 0 Å². The monoisotopic (exact) mass is 527 g/mol. The summed E-state index contributed by atoms with van der Waals surface area (Å²) in [7, 11) is 0. The number of carbonyl (C=O) groups is 1. The summed E-state index contributed by atoms with van der Waals surface area (Å²) in [5.74, 6) is 1.82. The summed E-state index contributed by atoms with van der Waals surface area (Å²) in [6.07, 6.45) is 7.18. The van der Waals surface area contributed by atoms with Crippen molar-refractivity contribution in [2.24, 2.45) is 0 Å². The highest BCUT2D eigenvalue weighted by Gasteiger charge is 2.25. The van der Waals surface area contributed by atoms with Crippen LogP contribution in [0.5, 0.6) is 0 Å². The minimum atomic E-state index is -0.235. The Bertz CT molecular complexity index is 1600. The molecule has 196 valence electrons. The van der Waals surface area contributed by atoms with Gasteiger partial charge >= 0.3 is 0 Å². The normalized spacial score (nSPS) is 15.4. The molecule has 0 bridgehead atoms. The highest BCUT2D eigenvalue weighted by atomic mass is 32.2. The van der Waals surface area contributed by atoms with Gasteiger partial charge in [-0.25, -0.2) is 15.0 Å². The zero-order chi connectivity index (χ0) is 26.1. The highest BCUT2D eigenvalue weighted by Crippen LogP contribution is 2.29. The molecule has 3 aromatic heterocycles. The van der Waals surface area contributed by atoms with Crippen LogP contribution in [0.4, 0.5) is 0 Å². The highest BCUT2D eigenvalue weighted by molar-refractivity contribution is 8.00. The van der Waals surface area contributed by atoms with E-state index in [1.165, 1.54) is 31.0 Å². The predicted octanol–water partition coefficient (Wildman–Crippen LogP) is 5.50. The van der Waals surface area contributed by atoms with E-state index < -0.39 is 0 Å². The topological polar surface area (TPSA) is 90.0 Å². The molecule has 1 amide bonds. The molecule has 9 heteroatoms. The molecule has 1 saturated carbocycles. The molecule has 0 saturated heterocycles. The zero-order valence-electron chi connectivity index (χ0n) is 21.9. The summed E-state index contributed by atoms with van der Waals surface area (Å²) < 4.78 is 4.05. The molecule has 3 heterocycles. The number of aryl methyl sites for hydroxylation is 3. The summed E-state index contributed by atoms with van der Waals surface area (Å²) >= 11 is 1.49. The van der Waals surface area contributed by atoms with E-state index in [4.69, 9.17) is 15.1 Å². The Hall–Kier alpha value is -3.46. The average Bonchev–Trinajstić information content (AvgIpc) is 3.51. The molecule has 6 rings (SSSR count). The van der Waals surface area contributed by atoms with E-state index in [1.807, 2.05) is 53.9 Å². The van der Waals surface area contributed by atoms with E-state index in [0.717, 1.165) is 58.6 Å². The van der Waals surface area contributed by atoms with E-state index in [2.05, 4.69) is 27.9 Å². The predicted molar refractivity (Wildman–Crippen MR) is 151 cm³/mol. The number of hydrogen-bond acceptors (Lipinski definition) is 6. The van der Waals surface area contributed by atoms with Gasteiger partial charge in [0.1, 0.15) is 5.82 Å². The van der Waals surface area contributed by atoms with Gasteiger partial charge in [0.25, 0.3) is 0 Å². The van der Waals surface area contributed by atoms with Gasteiger partial charge in [-0.2, -0.15) is 4.52 Å². The SMILES string of the molecule is CC[C@@H](Sc1nc2ccccc2c2nc(CCn3c(C)nc4ccccc43)nn12)C(=O)NC1CCCCC1. The van der Waals surface area contributed by atoms with Crippen LogP contribution in [-0.4, -0.2) is 46.3 Å². The number of nitrogens with zero attached hydrogens (tertiary/aromatic N) is 6. The van der Waals surface area contributed by atoms with Crippen LogP contribution in [0.1, 0.15) is 57.1 Å². The Balaban J connectivity index is 1.30. The van der Waals surface area contributed by atoms with Crippen molar-refractivity contribution < 1.29 is 4.79 Å². The smallest absolute Gasteiger partial charge is 0.233 e. The molecule has 1 atom stereocenters. The second-order valence-corrected chi connectivity index (χ2v) is 11.3. The van der Waals surface area contributed by atoms with Crippen LogP contribution >= 0.6 is 11.8 Å². The maximum Gasteiger partial charge on any atom is 0.233 e. The Morgan fingerprint density at radius 2 is 1.79 bits per heavy atom. The summed E-state index contributed by atoms with van der Waals surface area (Å²) in [5.41, 5.74) is 3.76. The molecule has 0 unspecified atom stereocenters. The van der Waals surface area contributed by atoms with Gasteiger partial charge in [0.2, 0.25) is 5.91 Å². The molecule has 1 fully saturated rings. The molecule has 38 heavy (non-hydrogen) atoms. The fraction of sp³-hybridized carbons (Fsp3) is 0.414. The number of carbonyl (C=O) groups excluding carboxylic acids is 1. The van der Waals surface area contributed by atoms with Crippen LogP contribution in [0.3, 0.4) is 0 Å². The van der Waals surface area contributed by atoms with Crippen molar-refractivity contribution in [2.75, 3.05) is 0 Å². The largest absolute Gasteiger partial charge is 0.352 e. The number of para-hydroxylation sites is 3. The molecule has 8 nitrogen and oxygen atoms in total. The fourth-order valence-electron chi connectivity index (χ4n) is 5.44. The van der Waals surface area contributed by atoms with Gasteiger partial charge < -0.3 is 9.88 Å². The molecule has 0 spiro atoms. The van der Waals surface area contributed by atoms with Crippen LogP contribution in [0, 0.1) is 6.92 Å². The van der Waals surface area contributed by atoms with Crippen molar-refractivity contribution >= 4 is 45.3 Å². The van der Waals surface area contributed by atoms with E-state index in [0.29, 0.717) is 18.0 Å². The van der Waals surface area contributed by atoms with Crippen LogP contribution < -0.4 is 5.32 Å². The Morgan fingerprint density at radius 1 is 1.03 bits per heavy atom. The number of fused-ring (bicyclic) bond motifs is 4. The van der Waals surface area contributed by atoms with Crippen molar-refractivity contribution in [3.8, 4) is 0 Å². The van der Waals surface area contributed by atoms with Crippen LogP contribution in [-0.2, 0) is 17.8 Å². The maximum absolute atomic E-state index is 13.2. The third kappa shape index (κ3) is 4.87. The number of amides is 1. The third-order valence-electron chi connectivity index (χ3n) is 7.46. The lowest BCUT2D eigenvalue weighted by atomic mass is 9.95. The van der Waals surface area contributed by atoms with Crippen LogP contribution in [0.25, 0.3) is 27.6 Å². The summed E-state index contributed by atoms with van der Waals surface area (Å²) in [5, 5.41) is 9.61. The van der Waals surface area contributed by atoms with E-state index in [-0.39, 0.29) is 17.2 Å². The van der Waals surface area contributed by atoms with Gasteiger partial charge in [0, 0.05) is 24.4 Å². The summed E-state index contributed by atoms with van der Waals surface area (Å²) in [4.78, 5) is 27.8. The third-order valence-corrected chi connectivity index (χ3v) is 8.77. The minimum Gasteiger partial charge on any atom is -0.352 e. The first kappa shape index (κ1) is 24.9. The standard InChI is InChI=1S/C29H33N7OS/c1-3-25(28(37)31-20-11-5-4-6-12-20)38-29-32-22-14-8-7-13-21(22)27-33-26(34-36(27)29)17-18-35-19(2)30-23-15-9-10-16-24(23)35/h7-10,13-16,20,25H,3-6,11-12,17-18H2,1-2H3,(H,31,37)/t25-/m1/s1. The first-order valence-electron chi connectivity index (χ1n) is 13.6. The first-order valence-corrected chi connectivity index (χ1v) is 14.5.